The Kier molecular flexibility index (Phi) is 3.03. The van der Waals surface area contributed by atoms with E-state index in [4.69, 9.17) is 4.74 Å². The lowest BCUT2D eigenvalue weighted by Gasteiger charge is -2.38. The molecule has 0 spiro atoms. The topological polar surface area (TPSA) is 45.3 Å². The van der Waals surface area contributed by atoms with E-state index in [1.165, 1.54) is 0 Å². The van der Waals surface area contributed by atoms with Crippen LogP contribution in [0.1, 0.15) is 24.3 Å². The number of aromatic amines is 1. The van der Waals surface area contributed by atoms with E-state index in [0.717, 1.165) is 10.9 Å². The largest absolute Gasteiger partial charge is 0.377 e. The number of aromatic nitrogens is 1. The van der Waals surface area contributed by atoms with Crippen molar-refractivity contribution in [2.45, 2.75) is 25.9 Å². The molecule has 19 heavy (non-hydrogen) atoms. The summed E-state index contributed by atoms with van der Waals surface area (Å²) < 4.78 is 5.47. The molecular weight excluding hydrogens is 240 g/mol. The third-order valence-corrected chi connectivity index (χ3v) is 3.66. The van der Waals surface area contributed by atoms with Crippen LogP contribution in [-0.2, 0) is 4.74 Å². The zero-order valence-electron chi connectivity index (χ0n) is 11.2. The Hall–Kier alpha value is -1.81. The van der Waals surface area contributed by atoms with Crippen molar-refractivity contribution in [2.75, 3.05) is 13.2 Å². The SMILES string of the molecule is C[C@H]1COC[C@H](C)N1C(=O)c1cc2ccccc2[nH]1. The molecule has 100 valence electrons. The minimum atomic E-state index is 0.0551. The number of nitrogens with one attached hydrogen (secondary N) is 1. The summed E-state index contributed by atoms with van der Waals surface area (Å²) in [6.07, 6.45) is 0. The molecule has 4 heteroatoms. The van der Waals surface area contributed by atoms with E-state index < -0.39 is 0 Å². The van der Waals surface area contributed by atoms with Crippen LogP contribution in [0.2, 0.25) is 0 Å². The van der Waals surface area contributed by atoms with Crippen LogP contribution in [0, 0.1) is 0 Å². The number of para-hydroxylation sites is 1. The molecule has 2 atom stereocenters. The summed E-state index contributed by atoms with van der Waals surface area (Å²) in [7, 11) is 0. The minimum Gasteiger partial charge on any atom is -0.377 e. The highest BCUT2D eigenvalue weighted by atomic mass is 16.5. The van der Waals surface area contributed by atoms with Crippen molar-refractivity contribution in [3.8, 4) is 0 Å². The highest BCUT2D eigenvalue weighted by molar-refractivity contribution is 5.98. The second-order valence-corrected chi connectivity index (χ2v) is 5.22. The number of hydrogen-bond donors (Lipinski definition) is 1. The van der Waals surface area contributed by atoms with Crippen LogP contribution in [0.25, 0.3) is 10.9 Å². The third-order valence-electron chi connectivity index (χ3n) is 3.66. The van der Waals surface area contributed by atoms with Gasteiger partial charge >= 0.3 is 0 Å². The molecule has 1 fully saturated rings. The maximum Gasteiger partial charge on any atom is 0.270 e. The number of benzene rings is 1. The van der Waals surface area contributed by atoms with Crippen LogP contribution < -0.4 is 0 Å². The fourth-order valence-corrected chi connectivity index (χ4v) is 2.73. The first kappa shape index (κ1) is 12.2. The molecule has 2 aromatic rings. The molecule has 1 N–H and O–H groups in total. The smallest absolute Gasteiger partial charge is 0.270 e. The van der Waals surface area contributed by atoms with Crippen molar-refractivity contribution < 1.29 is 9.53 Å². The number of amides is 1. The lowest BCUT2D eigenvalue weighted by atomic mass is 10.1. The van der Waals surface area contributed by atoms with Gasteiger partial charge in [0.25, 0.3) is 5.91 Å². The van der Waals surface area contributed by atoms with Crippen molar-refractivity contribution in [3.63, 3.8) is 0 Å². The van der Waals surface area contributed by atoms with Gasteiger partial charge in [-0.1, -0.05) is 18.2 Å². The molecule has 0 unspecified atom stereocenters. The van der Waals surface area contributed by atoms with Crippen molar-refractivity contribution in [2.24, 2.45) is 0 Å². The van der Waals surface area contributed by atoms with E-state index >= 15 is 0 Å². The lowest BCUT2D eigenvalue weighted by Crippen LogP contribution is -2.52. The van der Waals surface area contributed by atoms with E-state index in [0.29, 0.717) is 18.9 Å². The average Bonchev–Trinajstić information content (AvgIpc) is 2.82. The Morgan fingerprint density at radius 3 is 2.63 bits per heavy atom. The van der Waals surface area contributed by atoms with Crippen molar-refractivity contribution in [1.29, 1.82) is 0 Å². The molecule has 1 aliphatic heterocycles. The number of ether oxygens (including phenoxy) is 1. The van der Waals surface area contributed by atoms with Gasteiger partial charge in [-0.2, -0.15) is 0 Å². The number of H-pyrrole nitrogens is 1. The second-order valence-electron chi connectivity index (χ2n) is 5.22. The van der Waals surface area contributed by atoms with Gasteiger partial charge in [-0.25, -0.2) is 0 Å². The van der Waals surface area contributed by atoms with Gasteiger partial charge in [0.2, 0.25) is 0 Å². The summed E-state index contributed by atoms with van der Waals surface area (Å²) >= 11 is 0. The Labute approximate surface area is 112 Å². The number of morpholine rings is 1. The molecule has 0 saturated carbocycles. The van der Waals surface area contributed by atoms with Crippen LogP contribution in [0.4, 0.5) is 0 Å². The molecule has 4 nitrogen and oxygen atoms in total. The second kappa shape index (κ2) is 4.70. The summed E-state index contributed by atoms with van der Waals surface area (Å²) in [6, 6.07) is 10.1. The summed E-state index contributed by atoms with van der Waals surface area (Å²) in [5.74, 6) is 0.0551. The van der Waals surface area contributed by atoms with E-state index in [9.17, 15) is 4.79 Å². The maximum absolute atomic E-state index is 12.6. The Bertz CT molecular complexity index is 562. The number of nitrogens with zero attached hydrogens (tertiary/aromatic N) is 1. The van der Waals surface area contributed by atoms with Crippen molar-refractivity contribution in [3.05, 3.63) is 36.0 Å². The first-order valence-corrected chi connectivity index (χ1v) is 6.65. The van der Waals surface area contributed by atoms with Gasteiger partial charge in [-0.15, -0.1) is 0 Å². The first-order chi connectivity index (χ1) is 9.16. The summed E-state index contributed by atoms with van der Waals surface area (Å²) in [5.41, 5.74) is 1.65. The fraction of sp³-hybridized carbons (Fsp3) is 0.400. The molecular formula is C15H18N2O2. The first-order valence-electron chi connectivity index (χ1n) is 6.65. The fourth-order valence-electron chi connectivity index (χ4n) is 2.73. The molecule has 1 aromatic heterocycles. The van der Waals surface area contributed by atoms with Gasteiger partial charge in [0.15, 0.2) is 0 Å². The maximum atomic E-state index is 12.6. The number of rotatable bonds is 1. The highest BCUT2D eigenvalue weighted by Crippen LogP contribution is 2.20. The van der Waals surface area contributed by atoms with Gasteiger partial charge in [-0.3, -0.25) is 4.79 Å². The molecule has 0 radical (unpaired) electrons. The van der Waals surface area contributed by atoms with Crippen LogP contribution in [0.15, 0.2) is 30.3 Å². The van der Waals surface area contributed by atoms with Crippen LogP contribution >= 0.6 is 0 Å². The molecule has 1 saturated heterocycles. The van der Waals surface area contributed by atoms with Crippen LogP contribution in [0.5, 0.6) is 0 Å². The summed E-state index contributed by atoms with van der Waals surface area (Å²) in [5, 5.41) is 1.07. The van der Waals surface area contributed by atoms with E-state index in [1.807, 2.05) is 49.1 Å². The summed E-state index contributed by atoms with van der Waals surface area (Å²) in [4.78, 5) is 17.7. The Balaban J connectivity index is 1.94. The predicted octanol–water partition coefficient (Wildman–Crippen LogP) is 2.42. The van der Waals surface area contributed by atoms with E-state index in [1.54, 1.807) is 0 Å². The number of carbonyl (C=O) groups excluding carboxylic acids is 1. The molecule has 0 aliphatic carbocycles. The monoisotopic (exact) mass is 258 g/mol. The van der Waals surface area contributed by atoms with Crippen LogP contribution in [-0.4, -0.2) is 41.1 Å². The molecule has 3 rings (SSSR count). The highest BCUT2D eigenvalue weighted by Gasteiger charge is 2.30. The minimum absolute atomic E-state index is 0.0551. The Morgan fingerprint density at radius 2 is 1.95 bits per heavy atom. The molecule has 1 aromatic carbocycles. The van der Waals surface area contributed by atoms with Gasteiger partial charge in [0, 0.05) is 10.9 Å². The van der Waals surface area contributed by atoms with Gasteiger partial charge in [-0.05, 0) is 26.0 Å². The molecule has 0 bridgehead atoms. The summed E-state index contributed by atoms with van der Waals surface area (Å²) in [6.45, 7) is 5.26. The zero-order chi connectivity index (χ0) is 13.4. The van der Waals surface area contributed by atoms with E-state index in [2.05, 4.69) is 4.98 Å². The molecule has 2 heterocycles. The third kappa shape index (κ3) is 2.12. The molecule has 1 amide bonds. The normalized spacial score (nSPS) is 23.8. The number of carbonyl (C=O) groups is 1. The standard InChI is InChI=1S/C15H18N2O2/c1-10-8-19-9-11(2)17(10)15(18)14-7-12-5-3-4-6-13(12)16-14/h3-7,10-11,16H,8-9H2,1-2H3/t10-,11-/m0/s1. The Morgan fingerprint density at radius 1 is 1.26 bits per heavy atom. The number of hydrogen-bond acceptors (Lipinski definition) is 2. The van der Waals surface area contributed by atoms with Gasteiger partial charge < -0.3 is 14.6 Å². The van der Waals surface area contributed by atoms with Crippen molar-refractivity contribution >= 4 is 16.8 Å². The predicted molar refractivity (Wildman–Crippen MR) is 74.2 cm³/mol. The van der Waals surface area contributed by atoms with E-state index in [-0.39, 0.29) is 18.0 Å². The van der Waals surface area contributed by atoms with Gasteiger partial charge in [0.1, 0.15) is 5.69 Å². The quantitative estimate of drug-likeness (QED) is 0.853. The average molecular weight is 258 g/mol. The number of fused-ring (bicyclic) bond motifs is 1. The lowest BCUT2D eigenvalue weighted by molar-refractivity contribution is -0.0251. The van der Waals surface area contributed by atoms with Crippen molar-refractivity contribution in [1.82, 2.24) is 9.88 Å². The zero-order valence-corrected chi connectivity index (χ0v) is 11.2. The van der Waals surface area contributed by atoms with Gasteiger partial charge in [0.05, 0.1) is 25.3 Å². The molecule has 1 aliphatic rings. The van der Waals surface area contributed by atoms with Crippen LogP contribution in [0.3, 0.4) is 0 Å².